The van der Waals surface area contributed by atoms with E-state index in [0.29, 0.717) is 24.6 Å². The minimum Gasteiger partial charge on any atom is -0.396 e. The van der Waals surface area contributed by atoms with Crippen molar-refractivity contribution < 1.29 is 18.3 Å². The van der Waals surface area contributed by atoms with Gasteiger partial charge in [-0.1, -0.05) is 74.9 Å². The van der Waals surface area contributed by atoms with Crippen molar-refractivity contribution in [1.29, 1.82) is 0 Å². The highest BCUT2D eigenvalue weighted by Gasteiger charge is 2.31. The highest BCUT2D eigenvalue weighted by molar-refractivity contribution is 7.89. The normalized spacial score (nSPS) is 14.5. The molecule has 0 aliphatic rings. The molecule has 1 amide bonds. The third-order valence-electron chi connectivity index (χ3n) is 6.78. The summed E-state index contributed by atoms with van der Waals surface area (Å²) in [6.45, 7) is 3.69. The molecule has 0 bridgehead atoms. The van der Waals surface area contributed by atoms with Gasteiger partial charge >= 0.3 is 0 Å². The zero-order valence-corrected chi connectivity index (χ0v) is 21.4. The molecule has 0 saturated heterocycles. The van der Waals surface area contributed by atoms with Gasteiger partial charge in [0, 0.05) is 35.1 Å². The molecule has 0 aliphatic carbocycles. The lowest BCUT2D eigenvalue weighted by Gasteiger charge is -2.26. The number of hydrogen-bond donors (Lipinski definition) is 4. The summed E-state index contributed by atoms with van der Waals surface area (Å²) in [5.74, 6) is -0.635. The summed E-state index contributed by atoms with van der Waals surface area (Å²) in [6.07, 6.45) is 3.40. The molecule has 8 heteroatoms. The van der Waals surface area contributed by atoms with Crippen LogP contribution in [0.25, 0.3) is 21.7 Å². The summed E-state index contributed by atoms with van der Waals surface area (Å²) >= 11 is 0. The number of aromatic amines is 1. The third-order valence-corrected chi connectivity index (χ3v) is 8.28. The number of H-pyrrole nitrogens is 1. The van der Waals surface area contributed by atoms with Crippen LogP contribution in [0.15, 0.2) is 77.8 Å². The molecule has 0 spiro atoms. The number of hydrogen-bond acceptors (Lipinski definition) is 4. The second-order valence-electron chi connectivity index (χ2n) is 9.24. The fourth-order valence-corrected chi connectivity index (χ4v) is 6.10. The molecule has 36 heavy (non-hydrogen) atoms. The number of carbonyl (C=O) groups excluding carboxylic acids is 1. The molecule has 3 aromatic carbocycles. The van der Waals surface area contributed by atoms with Crippen molar-refractivity contribution >= 4 is 37.6 Å². The highest BCUT2D eigenvalue weighted by Crippen LogP contribution is 2.24. The zero-order valence-electron chi connectivity index (χ0n) is 20.6. The first-order valence-corrected chi connectivity index (χ1v) is 13.8. The lowest BCUT2D eigenvalue weighted by atomic mass is 9.97. The molecule has 4 rings (SSSR count). The summed E-state index contributed by atoms with van der Waals surface area (Å²) in [7, 11) is -3.98. The van der Waals surface area contributed by atoms with Crippen LogP contribution in [0.2, 0.25) is 0 Å². The maximum Gasteiger partial charge on any atom is 0.241 e. The number of benzene rings is 3. The number of para-hydroxylation sites is 1. The van der Waals surface area contributed by atoms with Gasteiger partial charge < -0.3 is 15.4 Å². The van der Waals surface area contributed by atoms with E-state index in [1.807, 2.05) is 62.5 Å². The van der Waals surface area contributed by atoms with Gasteiger partial charge in [-0.3, -0.25) is 4.79 Å². The topological polar surface area (TPSA) is 111 Å². The number of aliphatic hydroxyl groups is 1. The van der Waals surface area contributed by atoms with Crippen LogP contribution >= 0.6 is 0 Å². The summed E-state index contributed by atoms with van der Waals surface area (Å²) in [5.41, 5.74) is 2.03. The second-order valence-corrected chi connectivity index (χ2v) is 10.9. The van der Waals surface area contributed by atoms with Crippen molar-refractivity contribution in [3.8, 4) is 0 Å². The number of carbonyl (C=O) groups is 1. The number of fused-ring (bicyclic) bond motifs is 2. The van der Waals surface area contributed by atoms with Crippen LogP contribution in [0.3, 0.4) is 0 Å². The van der Waals surface area contributed by atoms with Crippen molar-refractivity contribution in [2.75, 3.05) is 6.61 Å². The minimum atomic E-state index is -3.98. The number of rotatable bonds is 11. The van der Waals surface area contributed by atoms with E-state index in [2.05, 4.69) is 15.0 Å². The Balaban J connectivity index is 1.57. The Bertz CT molecular complexity index is 1440. The molecule has 0 saturated carbocycles. The molecule has 1 aromatic heterocycles. The number of sulfonamides is 1. The standard InChI is InChI=1S/C28H33N3O4S/c1-3-19(2)27(31-36(34,35)26-14-8-10-20-9-4-5-12-24(20)26)28(33)30-22(15-16-32)17-21-18-29-25-13-7-6-11-23(21)25/h4-14,18-19,22,27,29,31-32H,3,15-17H2,1-2H3,(H,30,33)/t19-,22+,27-/m0/s1. The van der Waals surface area contributed by atoms with Crippen molar-refractivity contribution in [1.82, 2.24) is 15.0 Å². The predicted octanol–water partition coefficient (Wildman–Crippen LogP) is 4.12. The molecular weight excluding hydrogens is 474 g/mol. The first-order valence-electron chi connectivity index (χ1n) is 12.3. The number of aliphatic hydroxyl groups excluding tert-OH is 1. The van der Waals surface area contributed by atoms with Gasteiger partial charge in [0.2, 0.25) is 15.9 Å². The van der Waals surface area contributed by atoms with Crippen molar-refractivity contribution in [3.05, 3.63) is 78.5 Å². The van der Waals surface area contributed by atoms with E-state index in [1.165, 1.54) is 0 Å². The van der Waals surface area contributed by atoms with E-state index < -0.39 is 22.0 Å². The Morgan fingerprint density at radius 2 is 1.69 bits per heavy atom. The van der Waals surface area contributed by atoms with Crippen LogP contribution < -0.4 is 10.0 Å². The van der Waals surface area contributed by atoms with Crippen molar-refractivity contribution in [2.45, 2.75) is 50.1 Å². The maximum atomic E-state index is 13.5. The number of amides is 1. The predicted molar refractivity (Wildman–Crippen MR) is 143 cm³/mol. The first-order chi connectivity index (χ1) is 17.3. The van der Waals surface area contributed by atoms with Crippen LogP contribution in [0, 0.1) is 5.92 Å². The second kappa shape index (κ2) is 11.2. The molecule has 3 atom stereocenters. The highest BCUT2D eigenvalue weighted by atomic mass is 32.2. The quantitative estimate of drug-likeness (QED) is 0.245. The van der Waals surface area contributed by atoms with E-state index in [0.717, 1.165) is 21.9 Å². The van der Waals surface area contributed by atoms with E-state index in [9.17, 15) is 18.3 Å². The molecule has 4 aromatic rings. The van der Waals surface area contributed by atoms with Gasteiger partial charge in [-0.15, -0.1) is 0 Å². The lowest BCUT2D eigenvalue weighted by molar-refractivity contribution is -0.124. The first kappa shape index (κ1) is 25.9. The van der Waals surface area contributed by atoms with Crippen LogP contribution in [-0.4, -0.2) is 43.1 Å². The SMILES string of the molecule is CC[C@H](C)[C@H](NS(=O)(=O)c1cccc2ccccc12)C(=O)N[C@H](CCO)Cc1c[nH]c2ccccc12. The third kappa shape index (κ3) is 5.61. The Kier molecular flexibility index (Phi) is 8.08. The molecule has 7 nitrogen and oxygen atoms in total. The monoisotopic (exact) mass is 507 g/mol. The number of nitrogens with one attached hydrogen (secondary N) is 3. The molecule has 0 fully saturated rings. The molecule has 190 valence electrons. The molecule has 0 unspecified atom stereocenters. The van der Waals surface area contributed by atoms with Gasteiger partial charge in [0.25, 0.3) is 0 Å². The molecule has 4 N–H and O–H groups in total. The van der Waals surface area contributed by atoms with E-state index in [-0.39, 0.29) is 23.5 Å². The van der Waals surface area contributed by atoms with Crippen LogP contribution in [0.1, 0.15) is 32.3 Å². The Labute approximate surface area is 212 Å². The van der Waals surface area contributed by atoms with Crippen molar-refractivity contribution in [2.24, 2.45) is 5.92 Å². The maximum absolute atomic E-state index is 13.5. The summed E-state index contributed by atoms with van der Waals surface area (Å²) in [6, 6.07) is 19.0. The zero-order chi connectivity index (χ0) is 25.7. The molecule has 0 aliphatic heterocycles. The van der Waals surface area contributed by atoms with Crippen LogP contribution in [-0.2, 0) is 21.2 Å². The Morgan fingerprint density at radius 3 is 2.44 bits per heavy atom. The van der Waals surface area contributed by atoms with Gasteiger partial charge in [0.15, 0.2) is 0 Å². The number of aromatic nitrogens is 1. The fourth-order valence-electron chi connectivity index (χ4n) is 4.56. The fraction of sp³-hybridized carbons (Fsp3) is 0.321. The van der Waals surface area contributed by atoms with Gasteiger partial charge in [0.1, 0.15) is 6.04 Å². The molecule has 1 heterocycles. The Morgan fingerprint density at radius 1 is 1.00 bits per heavy atom. The van der Waals surface area contributed by atoms with Gasteiger partial charge in [0.05, 0.1) is 4.90 Å². The summed E-state index contributed by atoms with van der Waals surface area (Å²) in [5, 5.41) is 15.1. The van der Waals surface area contributed by atoms with Crippen LogP contribution in [0.5, 0.6) is 0 Å². The molecule has 0 radical (unpaired) electrons. The average Bonchev–Trinajstić information content (AvgIpc) is 3.29. The Hall–Kier alpha value is -3.20. The van der Waals surface area contributed by atoms with Crippen LogP contribution in [0.4, 0.5) is 0 Å². The molecular formula is C28H33N3O4S. The van der Waals surface area contributed by atoms with Gasteiger partial charge in [-0.2, -0.15) is 4.72 Å². The van der Waals surface area contributed by atoms with E-state index in [4.69, 9.17) is 0 Å². The van der Waals surface area contributed by atoms with E-state index >= 15 is 0 Å². The van der Waals surface area contributed by atoms with Gasteiger partial charge in [-0.25, -0.2) is 8.42 Å². The average molecular weight is 508 g/mol. The summed E-state index contributed by atoms with van der Waals surface area (Å²) in [4.78, 5) is 16.8. The van der Waals surface area contributed by atoms with Crippen molar-refractivity contribution in [3.63, 3.8) is 0 Å². The lowest BCUT2D eigenvalue weighted by Crippen LogP contribution is -2.53. The van der Waals surface area contributed by atoms with Gasteiger partial charge in [-0.05, 0) is 41.8 Å². The largest absolute Gasteiger partial charge is 0.396 e. The summed E-state index contributed by atoms with van der Waals surface area (Å²) < 4.78 is 29.6. The minimum absolute atomic E-state index is 0.0942. The smallest absolute Gasteiger partial charge is 0.241 e. The van der Waals surface area contributed by atoms with E-state index in [1.54, 1.807) is 24.3 Å².